The number of rotatable bonds is 1. The second kappa shape index (κ2) is 6.21. The summed E-state index contributed by atoms with van der Waals surface area (Å²) in [5.74, 6) is 0.732. The first-order chi connectivity index (χ1) is 9.90. The van der Waals surface area contributed by atoms with Gasteiger partial charge in [-0.1, -0.05) is 54.6 Å². The minimum absolute atomic E-state index is 0. The highest BCUT2D eigenvalue weighted by molar-refractivity contribution is 5.85. The maximum absolute atomic E-state index is 3.91. The average Bonchev–Trinajstić information content (AvgIpc) is 2.48. The van der Waals surface area contributed by atoms with Crippen molar-refractivity contribution in [2.75, 3.05) is 0 Å². The molecule has 0 spiro atoms. The quantitative estimate of drug-likeness (QED) is 0.827. The number of halogens is 1. The maximum atomic E-state index is 3.91. The fraction of sp³-hybridized carbons (Fsp3) is 0.368. The molecule has 3 aliphatic rings. The lowest BCUT2D eigenvalue weighted by Crippen LogP contribution is -2.45. The van der Waals surface area contributed by atoms with Gasteiger partial charge in [-0.2, -0.15) is 0 Å². The Kier molecular flexibility index (Phi) is 4.32. The van der Waals surface area contributed by atoms with Crippen molar-refractivity contribution in [2.24, 2.45) is 5.92 Å². The molecule has 2 heteroatoms. The van der Waals surface area contributed by atoms with E-state index in [0.717, 1.165) is 5.92 Å². The number of benzene rings is 2. The normalized spacial score (nSPS) is 27.1. The summed E-state index contributed by atoms with van der Waals surface area (Å²) >= 11 is 0. The predicted octanol–water partition coefficient (Wildman–Crippen LogP) is 4.32. The molecule has 0 aromatic heterocycles. The molecule has 0 unspecified atom stereocenters. The van der Waals surface area contributed by atoms with E-state index in [2.05, 4.69) is 59.9 Å². The zero-order valence-corrected chi connectivity index (χ0v) is 13.0. The van der Waals surface area contributed by atoms with E-state index < -0.39 is 0 Å². The van der Waals surface area contributed by atoms with E-state index in [1.165, 1.54) is 31.2 Å². The largest absolute Gasteiger partial charge is 0.307 e. The van der Waals surface area contributed by atoms with Gasteiger partial charge >= 0.3 is 0 Å². The van der Waals surface area contributed by atoms with Gasteiger partial charge in [0.2, 0.25) is 0 Å². The fourth-order valence-corrected chi connectivity index (χ4v) is 3.97. The molecule has 2 bridgehead atoms. The van der Waals surface area contributed by atoms with Gasteiger partial charge in [0.25, 0.3) is 0 Å². The molecule has 21 heavy (non-hydrogen) atoms. The van der Waals surface area contributed by atoms with Gasteiger partial charge in [0.1, 0.15) is 0 Å². The van der Waals surface area contributed by atoms with E-state index in [4.69, 9.17) is 0 Å². The molecule has 2 heterocycles. The molecule has 2 aromatic rings. The molecule has 110 valence electrons. The molecule has 0 radical (unpaired) electrons. The van der Waals surface area contributed by atoms with E-state index >= 15 is 0 Å². The molecule has 1 nitrogen and oxygen atoms in total. The first kappa shape index (κ1) is 14.6. The van der Waals surface area contributed by atoms with Gasteiger partial charge in [0, 0.05) is 12.1 Å². The van der Waals surface area contributed by atoms with E-state index in [9.17, 15) is 0 Å². The van der Waals surface area contributed by atoms with Crippen LogP contribution in [0.3, 0.4) is 0 Å². The summed E-state index contributed by atoms with van der Waals surface area (Å²) in [7, 11) is 0. The highest BCUT2D eigenvalue weighted by Crippen LogP contribution is 2.37. The van der Waals surface area contributed by atoms with Crippen molar-refractivity contribution < 1.29 is 0 Å². The summed E-state index contributed by atoms with van der Waals surface area (Å²) in [6.45, 7) is 0. The second-order valence-electron chi connectivity index (χ2n) is 6.27. The third-order valence-corrected chi connectivity index (χ3v) is 5.00. The van der Waals surface area contributed by atoms with Crippen LogP contribution in [0.4, 0.5) is 0 Å². The van der Waals surface area contributed by atoms with Crippen molar-refractivity contribution in [3.8, 4) is 0 Å². The number of hydrogen-bond acceptors (Lipinski definition) is 1. The SMILES string of the molecule is Cl.c1ccc([C@@H]2N[C@H]3CC[C@@H]2Cc2ccccc2C3)cc1. The molecule has 2 aliphatic heterocycles. The highest BCUT2D eigenvalue weighted by atomic mass is 35.5. The molecule has 3 atom stereocenters. The highest BCUT2D eigenvalue weighted by Gasteiger charge is 2.33. The summed E-state index contributed by atoms with van der Waals surface area (Å²) in [4.78, 5) is 0. The molecule has 5 rings (SSSR count). The summed E-state index contributed by atoms with van der Waals surface area (Å²) in [6.07, 6.45) is 5.08. The lowest BCUT2D eigenvalue weighted by molar-refractivity contribution is 0.221. The van der Waals surface area contributed by atoms with Crippen LogP contribution in [0.1, 0.15) is 35.6 Å². The van der Waals surface area contributed by atoms with Crippen LogP contribution in [0, 0.1) is 5.92 Å². The van der Waals surface area contributed by atoms with Gasteiger partial charge < -0.3 is 5.32 Å². The van der Waals surface area contributed by atoms with Crippen LogP contribution in [0.5, 0.6) is 0 Å². The molecule has 1 N–H and O–H groups in total. The van der Waals surface area contributed by atoms with Crippen molar-refractivity contribution in [3.63, 3.8) is 0 Å². The summed E-state index contributed by atoms with van der Waals surface area (Å²) in [6, 6.07) is 21.2. The van der Waals surface area contributed by atoms with E-state index in [1.807, 2.05) is 0 Å². The van der Waals surface area contributed by atoms with Crippen LogP contribution in [-0.2, 0) is 12.8 Å². The Labute approximate surface area is 133 Å². The van der Waals surface area contributed by atoms with E-state index in [1.54, 1.807) is 11.1 Å². The molecular formula is C19H22ClN. The monoisotopic (exact) mass is 299 g/mol. The van der Waals surface area contributed by atoms with Crippen molar-refractivity contribution in [3.05, 3.63) is 71.3 Å². The molecule has 0 amide bonds. The Morgan fingerprint density at radius 1 is 0.762 bits per heavy atom. The van der Waals surface area contributed by atoms with Crippen LogP contribution in [0.25, 0.3) is 0 Å². The topological polar surface area (TPSA) is 12.0 Å². The van der Waals surface area contributed by atoms with Crippen molar-refractivity contribution in [2.45, 2.75) is 37.8 Å². The maximum Gasteiger partial charge on any atom is 0.0354 e. The van der Waals surface area contributed by atoms with Crippen molar-refractivity contribution in [1.82, 2.24) is 5.32 Å². The van der Waals surface area contributed by atoms with Crippen molar-refractivity contribution in [1.29, 1.82) is 0 Å². The van der Waals surface area contributed by atoms with Crippen molar-refractivity contribution >= 4 is 12.4 Å². The van der Waals surface area contributed by atoms with Crippen LogP contribution in [-0.4, -0.2) is 6.04 Å². The van der Waals surface area contributed by atoms with Gasteiger partial charge in [-0.05, 0) is 48.3 Å². The number of fused-ring (bicyclic) bond motifs is 2. The number of piperidine rings is 1. The average molecular weight is 300 g/mol. The van der Waals surface area contributed by atoms with Crippen LogP contribution < -0.4 is 5.32 Å². The lowest BCUT2D eigenvalue weighted by Gasteiger charge is -2.41. The molecular weight excluding hydrogens is 278 g/mol. The van der Waals surface area contributed by atoms with E-state index in [0.29, 0.717) is 12.1 Å². The third-order valence-electron chi connectivity index (χ3n) is 5.00. The number of hydrogen-bond donors (Lipinski definition) is 1. The zero-order chi connectivity index (χ0) is 13.4. The van der Waals surface area contributed by atoms with Crippen LogP contribution in [0.15, 0.2) is 54.6 Å². The molecule has 0 saturated carbocycles. The third kappa shape index (κ3) is 2.86. The van der Waals surface area contributed by atoms with Gasteiger partial charge in [0.05, 0.1) is 0 Å². The minimum atomic E-state index is 0. The number of nitrogens with one attached hydrogen (secondary N) is 1. The van der Waals surface area contributed by atoms with Gasteiger partial charge in [0.15, 0.2) is 0 Å². The Morgan fingerprint density at radius 2 is 1.43 bits per heavy atom. The van der Waals surface area contributed by atoms with Gasteiger partial charge in [-0.3, -0.25) is 0 Å². The summed E-state index contributed by atoms with van der Waals surface area (Å²) in [5, 5.41) is 3.91. The Balaban J connectivity index is 0.00000132. The molecule has 2 aromatic carbocycles. The van der Waals surface area contributed by atoms with Crippen LogP contribution in [0.2, 0.25) is 0 Å². The first-order valence-corrected chi connectivity index (χ1v) is 7.78. The summed E-state index contributed by atoms with van der Waals surface area (Å²) in [5.41, 5.74) is 4.59. The molecule has 1 saturated heterocycles. The van der Waals surface area contributed by atoms with Crippen LogP contribution >= 0.6 is 12.4 Å². The Bertz CT molecular complexity index is 596. The first-order valence-electron chi connectivity index (χ1n) is 7.78. The van der Waals surface area contributed by atoms with E-state index in [-0.39, 0.29) is 12.4 Å². The lowest BCUT2D eigenvalue weighted by atomic mass is 9.75. The second-order valence-corrected chi connectivity index (χ2v) is 6.27. The smallest absolute Gasteiger partial charge is 0.0354 e. The minimum Gasteiger partial charge on any atom is -0.307 e. The van der Waals surface area contributed by atoms with Gasteiger partial charge in [-0.25, -0.2) is 0 Å². The Hall–Kier alpha value is -1.31. The summed E-state index contributed by atoms with van der Waals surface area (Å²) < 4.78 is 0. The zero-order valence-electron chi connectivity index (χ0n) is 12.2. The predicted molar refractivity (Wildman–Crippen MR) is 89.9 cm³/mol. The Morgan fingerprint density at radius 3 is 2.19 bits per heavy atom. The molecule has 1 aliphatic carbocycles. The van der Waals surface area contributed by atoms with Gasteiger partial charge in [-0.15, -0.1) is 12.4 Å². The standard InChI is InChI=1S/C19H21N.ClH/c1-2-6-14(7-3-1)19-17-10-11-18(20-19)13-16-9-5-4-8-15(16)12-17;/h1-9,17-20H,10-13H2;1H/t17-,18+,19+;/m1./s1. The fourth-order valence-electron chi connectivity index (χ4n) is 3.97. The molecule has 1 fully saturated rings.